The number of nitrogens with zero attached hydrogens (tertiary/aromatic N) is 4. The molecule has 1 N–H and O–H groups in total. The van der Waals surface area contributed by atoms with Crippen LogP contribution >= 0.6 is 34.8 Å². The van der Waals surface area contributed by atoms with Crippen molar-refractivity contribution in [3.05, 3.63) is 103 Å². The van der Waals surface area contributed by atoms with Crippen LogP contribution < -0.4 is 15.2 Å². The van der Waals surface area contributed by atoms with Crippen LogP contribution in [0.2, 0.25) is 15.1 Å². The van der Waals surface area contributed by atoms with Crippen LogP contribution in [0.25, 0.3) is 6.08 Å². The molecule has 1 aliphatic rings. The first kappa shape index (κ1) is 26.2. The summed E-state index contributed by atoms with van der Waals surface area (Å²) in [6.45, 7) is 0. The highest BCUT2D eigenvalue weighted by atomic mass is 35.5. The molecule has 0 aliphatic carbocycles. The van der Waals surface area contributed by atoms with Gasteiger partial charge in [-0.3, -0.25) is 19.7 Å². The lowest BCUT2D eigenvalue weighted by Crippen LogP contribution is -2.31. The predicted octanol–water partition coefficient (Wildman–Crippen LogP) is 5.79. The number of benzene rings is 3. The van der Waals surface area contributed by atoms with Gasteiger partial charge in [0.15, 0.2) is 5.84 Å². The quantitative estimate of drug-likeness (QED) is 0.242. The zero-order chi connectivity index (χ0) is 26.9. The summed E-state index contributed by atoms with van der Waals surface area (Å²) in [4.78, 5) is 38.9. The summed E-state index contributed by atoms with van der Waals surface area (Å²) in [5.74, 6) is -1.38. The zero-order valence-electron chi connectivity index (χ0n) is 19.4. The van der Waals surface area contributed by atoms with Gasteiger partial charge in [-0.05, 0) is 42.0 Å². The first-order chi connectivity index (χ1) is 17.5. The second-order valence-corrected chi connectivity index (χ2v) is 9.34. The van der Waals surface area contributed by atoms with E-state index in [4.69, 9.17) is 34.8 Å². The average Bonchev–Trinajstić information content (AvgIpc) is 3.13. The number of hydrazone groups is 1. The first-order valence-electron chi connectivity index (χ1n) is 10.7. The Morgan fingerprint density at radius 1 is 1.05 bits per heavy atom. The summed E-state index contributed by atoms with van der Waals surface area (Å²) in [6.07, 6.45) is 1.56. The van der Waals surface area contributed by atoms with Gasteiger partial charge < -0.3 is 10.2 Å². The molecule has 12 heteroatoms. The number of amides is 2. The van der Waals surface area contributed by atoms with Crippen LogP contribution in [-0.4, -0.2) is 36.7 Å². The Bertz CT molecular complexity index is 1460. The molecule has 4 rings (SSSR count). The van der Waals surface area contributed by atoms with Crippen molar-refractivity contribution in [2.24, 2.45) is 5.10 Å². The lowest BCUT2D eigenvalue weighted by Gasteiger charge is -2.15. The molecule has 1 aliphatic heterocycles. The van der Waals surface area contributed by atoms with Crippen molar-refractivity contribution in [3.8, 4) is 0 Å². The van der Waals surface area contributed by atoms with E-state index in [0.717, 1.165) is 16.8 Å². The van der Waals surface area contributed by atoms with Gasteiger partial charge in [-0.2, -0.15) is 5.01 Å². The largest absolute Gasteiger partial charge is 0.378 e. The van der Waals surface area contributed by atoms with Gasteiger partial charge in [0.2, 0.25) is 0 Å². The molecule has 188 valence electrons. The number of non-ortho nitro benzene ring substituents is 1. The van der Waals surface area contributed by atoms with E-state index in [1.54, 1.807) is 18.2 Å². The molecule has 0 aromatic heterocycles. The number of amidine groups is 1. The van der Waals surface area contributed by atoms with E-state index in [1.165, 1.54) is 30.3 Å². The highest BCUT2D eigenvalue weighted by Gasteiger charge is 2.35. The molecule has 0 saturated carbocycles. The van der Waals surface area contributed by atoms with Crippen molar-refractivity contribution in [3.63, 3.8) is 0 Å². The van der Waals surface area contributed by atoms with Crippen LogP contribution in [0.5, 0.6) is 0 Å². The smallest absolute Gasteiger partial charge is 0.282 e. The Kier molecular flexibility index (Phi) is 7.49. The number of carbonyl (C=O) groups is 2. The van der Waals surface area contributed by atoms with Crippen molar-refractivity contribution < 1.29 is 14.5 Å². The third-order valence-corrected chi connectivity index (χ3v) is 6.14. The maximum atomic E-state index is 13.5. The number of carbonyl (C=O) groups excluding carboxylic acids is 2. The van der Waals surface area contributed by atoms with Gasteiger partial charge in [-0.25, -0.2) is 0 Å². The van der Waals surface area contributed by atoms with Crippen molar-refractivity contribution in [2.45, 2.75) is 0 Å². The molecule has 0 spiro atoms. The number of hydrogen-bond donors (Lipinski definition) is 1. The van der Waals surface area contributed by atoms with E-state index in [0.29, 0.717) is 5.56 Å². The number of nitrogens with one attached hydrogen (secondary N) is 1. The second-order valence-electron chi connectivity index (χ2n) is 8.09. The SMILES string of the molecule is CN(C)c1ccc(C=C2C(=O)N(c3c(Cl)cc(Cl)cc3Cl)N=C2NC(=O)c2cccc([N+](=O)[O-])c2)cc1. The minimum Gasteiger partial charge on any atom is -0.378 e. The molecule has 37 heavy (non-hydrogen) atoms. The first-order valence-corrected chi connectivity index (χ1v) is 11.8. The van der Waals surface area contributed by atoms with Gasteiger partial charge >= 0.3 is 0 Å². The van der Waals surface area contributed by atoms with Gasteiger partial charge in [0.05, 0.1) is 20.5 Å². The highest BCUT2D eigenvalue weighted by molar-refractivity contribution is 6.44. The topological polar surface area (TPSA) is 108 Å². The molecule has 0 radical (unpaired) electrons. The molecular formula is C25H18Cl3N5O4. The summed E-state index contributed by atoms with van der Waals surface area (Å²) in [6, 6.07) is 15.4. The Labute approximate surface area is 226 Å². The third kappa shape index (κ3) is 5.59. The summed E-state index contributed by atoms with van der Waals surface area (Å²) >= 11 is 18.7. The van der Waals surface area contributed by atoms with Crippen LogP contribution in [0.3, 0.4) is 0 Å². The van der Waals surface area contributed by atoms with E-state index in [-0.39, 0.29) is 43.4 Å². The Morgan fingerprint density at radius 3 is 2.30 bits per heavy atom. The molecule has 3 aromatic carbocycles. The van der Waals surface area contributed by atoms with E-state index in [2.05, 4.69) is 10.4 Å². The molecule has 9 nitrogen and oxygen atoms in total. The van der Waals surface area contributed by atoms with Crippen molar-refractivity contribution in [1.29, 1.82) is 0 Å². The van der Waals surface area contributed by atoms with Crippen LogP contribution in [-0.2, 0) is 4.79 Å². The Balaban J connectivity index is 1.76. The van der Waals surface area contributed by atoms with E-state index in [9.17, 15) is 19.7 Å². The molecule has 0 unspecified atom stereocenters. The molecule has 0 fully saturated rings. The fourth-order valence-corrected chi connectivity index (χ4v) is 4.48. The van der Waals surface area contributed by atoms with Gasteiger partial charge in [0, 0.05) is 42.5 Å². The third-order valence-electron chi connectivity index (χ3n) is 5.34. The minimum atomic E-state index is -0.695. The van der Waals surface area contributed by atoms with Crippen molar-refractivity contribution in [1.82, 2.24) is 5.32 Å². The maximum absolute atomic E-state index is 13.5. The number of nitro groups is 1. The lowest BCUT2D eigenvalue weighted by atomic mass is 10.1. The monoisotopic (exact) mass is 557 g/mol. The normalized spacial score (nSPS) is 14.1. The van der Waals surface area contributed by atoms with Crippen LogP contribution in [0, 0.1) is 10.1 Å². The van der Waals surface area contributed by atoms with Crippen LogP contribution in [0.4, 0.5) is 17.1 Å². The van der Waals surface area contributed by atoms with E-state index < -0.39 is 16.7 Å². The number of hydrogen-bond acceptors (Lipinski definition) is 6. The number of halogens is 3. The van der Waals surface area contributed by atoms with Crippen molar-refractivity contribution in [2.75, 3.05) is 24.0 Å². The second kappa shape index (κ2) is 10.6. The zero-order valence-corrected chi connectivity index (χ0v) is 21.7. The van der Waals surface area contributed by atoms with Gasteiger partial charge in [0.25, 0.3) is 17.5 Å². The predicted molar refractivity (Wildman–Crippen MR) is 146 cm³/mol. The van der Waals surface area contributed by atoms with E-state index >= 15 is 0 Å². The molecular weight excluding hydrogens is 541 g/mol. The molecule has 2 amide bonds. The summed E-state index contributed by atoms with van der Waals surface area (Å²) in [5, 5.41) is 19.4. The molecule has 0 atom stereocenters. The Morgan fingerprint density at radius 2 is 1.70 bits per heavy atom. The molecule has 1 heterocycles. The number of nitro benzene ring substituents is 1. The summed E-state index contributed by atoms with van der Waals surface area (Å²) in [5.41, 5.74) is 1.52. The van der Waals surface area contributed by atoms with Gasteiger partial charge in [0.1, 0.15) is 5.69 Å². The molecule has 0 saturated heterocycles. The number of anilines is 2. The number of rotatable bonds is 5. The fourth-order valence-electron chi connectivity index (χ4n) is 3.50. The van der Waals surface area contributed by atoms with Crippen molar-refractivity contribution >= 4 is 75.6 Å². The summed E-state index contributed by atoms with van der Waals surface area (Å²) in [7, 11) is 3.80. The van der Waals surface area contributed by atoms with Gasteiger partial charge in [-0.1, -0.05) is 53.0 Å². The summed E-state index contributed by atoms with van der Waals surface area (Å²) < 4.78 is 0. The highest BCUT2D eigenvalue weighted by Crippen LogP contribution is 2.39. The fraction of sp³-hybridized carbons (Fsp3) is 0.0800. The molecule has 0 bridgehead atoms. The Hall–Kier alpha value is -3.92. The van der Waals surface area contributed by atoms with Gasteiger partial charge in [-0.15, -0.1) is 5.10 Å². The molecule has 3 aromatic rings. The average molecular weight is 559 g/mol. The van der Waals surface area contributed by atoms with E-state index in [1.807, 2.05) is 31.1 Å². The minimum absolute atomic E-state index is 0.0139. The lowest BCUT2D eigenvalue weighted by molar-refractivity contribution is -0.384. The van der Waals surface area contributed by atoms with Crippen LogP contribution in [0.15, 0.2) is 71.3 Å². The van der Waals surface area contributed by atoms with Crippen LogP contribution in [0.1, 0.15) is 15.9 Å². The maximum Gasteiger partial charge on any atom is 0.282 e. The standard InChI is InChI=1S/C25H18Cl3N5O4/c1-31(2)17-8-6-14(7-9-17)10-19-23(29-24(34)15-4-3-5-18(11-15)33(36)37)30-32(25(19)35)22-20(27)12-16(26)13-21(22)28/h3-13H,1-2H3,(H,29,30,34).